The maximum atomic E-state index is 14.4. The number of carbonyl (C=O) groups excluding carboxylic acids is 1. The van der Waals surface area contributed by atoms with Crippen molar-refractivity contribution in [1.82, 2.24) is 10.2 Å². The number of hydrogen-bond acceptors (Lipinski definition) is 2. The minimum atomic E-state index is -0.219. The number of piperidine rings is 2. The van der Waals surface area contributed by atoms with Crippen LogP contribution in [0.2, 0.25) is 0 Å². The van der Waals surface area contributed by atoms with Gasteiger partial charge in [-0.05, 0) is 68.3 Å². The van der Waals surface area contributed by atoms with Gasteiger partial charge in [-0.1, -0.05) is 13.0 Å². The Hall–Kier alpha value is -1.13. The lowest BCUT2D eigenvalue weighted by Gasteiger charge is -2.30. The molecule has 2 fully saturated rings. The zero-order chi connectivity index (χ0) is 15.5. The van der Waals surface area contributed by atoms with Crippen LogP contribution >= 0.6 is 12.4 Å². The quantitative estimate of drug-likeness (QED) is 0.892. The van der Waals surface area contributed by atoms with Crippen molar-refractivity contribution >= 4 is 18.3 Å². The fourth-order valence-corrected chi connectivity index (χ4v) is 3.52. The van der Waals surface area contributed by atoms with E-state index in [4.69, 9.17) is 0 Å². The Morgan fingerprint density at radius 3 is 2.43 bits per heavy atom. The summed E-state index contributed by atoms with van der Waals surface area (Å²) in [6.45, 7) is 5.68. The highest BCUT2D eigenvalue weighted by Gasteiger charge is 2.24. The number of benzene rings is 1. The molecule has 0 spiro atoms. The lowest BCUT2D eigenvalue weighted by Crippen LogP contribution is -2.38. The summed E-state index contributed by atoms with van der Waals surface area (Å²) in [5.74, 6) is 0.718. The maximum absolute atomic E-state index is 14.4. The van der Waals surface area contributed by atoms with Crippen LogP contribution in [0.25, 0.3) is 0 Å². The van der Waals surface area contributed by atoms with Gasteiger partial charge in [-0.2, -0.15) is 0 Å². The van der Waals surface area contributed by atoms with Crippen molar-refractivity contribution in [3.05, 3.63) is 35.1 Å². The normalized spacial score (nSPS) is 20.2. The number of likely N-dealkylation sites (tertiary alicyclic amines) is 1. The highest BCUT2D eigenvalue weighted by atomic mass is 35.5. The fraction of sp³-hybridized carbons (Fsp3) is 0.611. The molecule has 0 bridgehead atoms. The third-order valence-electron chi connectivity index (χ3n) is 5.10. The van der Waals surface area contributed by atoms with Gasteiger partial charge in [0.05, 0.1) is 0 Å². The molecule has 0 aliphatic carbocycles. The molecule has 1 aromatic carbocycles. The van der Waals surface area contributed by atoms with Gasteiger partial charge in [0.15, 0.2) is 0 Å². The zero-order valence-electron chi connectivity index (χ0n) is 13.7. The summed E-state index contributed by atoms with van der Waals surface area (Å²) in [7, 11) is 0. The highest BCUT2D eigenvalue weighted by molar-refractivity contribution is 5.94. The van der Waals surface area contributed by atoms with E-state index in [0.717, 1.165) is 57.4 Å². The summed E-state index contributed by atoms with van der Waals surface area (Å²) in [5, 5.41) is 3.30. The number of halogens is 2. The first-order chi connectivity index (χ1) is 10.6. The van der Waals surface area contributed by atoms with Crippen molar-refractivity contribution in [3.8, 4) is 0 Å². The van der Waals surface area contributed by atoms with Crippen molar-refractivity contribution in [2.24, 2.45) is 5.92 Å². The predicted octanol–water partition coefficient (Wildman–Crippen LogP) is 3.59. The van der Waals surface area contributed by atoms with Crippen molar-refractivity contribution in [3.63, 3.8) is 0 Å². The first-order valence-electron chi connectivity index (χ1n) is 8.44. The van der Waals surface area contributed by atoms with Crippen LogP contribution < -0.4 is 5.32 Å². The molecule has 5 heteroatoms. The van der Waals surface area contributed by atoms with E-state index in [2.05, 4.69) is 12.2 Å². The summed E-state index contributed by atoms with van der Waals surface area (Å²) in [5.41, 5.74) is 1.26. The van der Waals surface area contributed by atoms with E-state index in [9.17, 15) is 9.18 Å². The highest BCUT2D eigenvalue weighted by Crippen LogP contribution is 2.28. The van der Waals surface area contributed by atoms with Crippen LogP contribution in [-0.2, 0) is 0 Å². The third-order valence-corrected chi connectivity index (χ3v) is 5.10. The van der Waals surface area contributed by atoms with Gasteiger partial charge in [0, 0.05) is 18.7 Å². The largest absolute Gasteiger partial charge is 0.339 e. The molecule has 0 unspecified atom stereocenters. The predicted molar refractivity (Wildman–Crippen MR) is 92.8 cm³/mol. The van der Waals surface area contributed by atoms with Gasteiger partial charge in [0.1, 0.15) is 5.82 Å². The van der Waals surface area contributed by atoms with Gasteiger partial charge in [-0.3, -0.25) is 4.79 Å². The minimum absolute atomic E-state index is 0. The van der Waals surface area contributed by atoms with Crippen molar-refractivity contribution in [2.75, 3.05) is 26.2 Å². The maximum Gasteiger partial charge on any atom is 0.253 e. The van der Waals surface area contributed by atoms with E-state index < -0.39 is 0 Å². The van der Waals surface area contributed by atoms with Gasteiger partial charge < -0.3 is 10.2 Å². The standard InChI is InChI=1S/C18H25FN2O.ClH/c1-13-6-10-21(11-7-13)18(22)15-2-3-16(17(19)12-15)14-4-8-20-9-5-14;/h2-3,12-14,20H,4-11H2,1H3;1H. The minimum Gasteiger partial charge on any atom is -0.339 e. The Balaban J connectivity index is 0.00000192. The van der Waals surface area contributed by atoms with Crippen LogP contribution in [0.1, 0.15) is 54.4 Å². The number of hydrogen-bond donors (Lipinski definition) is 1. The van der Waals surface area contributed by atoms with E-state index in [1.54, 1.807) is 6.07 Å². The van der Waals surface area contributed by atoms with E-state index in [1.807, 2.05) is 11.0 Å². The molecule has 0 saturated carbocycles. The average Bonchev–Trinajstić information content (AvgIpc) is 2.55. The number of amides is 1. The Labute approximate surface area is 144 Å². The summed E-state index contributed by atoms with van der Waals surface area (Å²) in [4.78, 5) is 14.4. The monoisotopic (exact) mass is 340 g/mol. The molecule has 0 atom stereocenters. The summed E-state index contributed by atoms with van der Waals surface area (Å²) in [6, 6.07) is 5.07. The zero-order valence-corrected chi connectivity index (χ0v) is 14.5. The van der Waals surface area contributed by atoms with E-state index in [-0.39, 0.29) is 30.0 Å². The second-order valence-corrected chi connectivity index (χ2v) is 6.74. The molecule has 23 heavy (non-hydrogen) atoms. The molecule has 1 amide bonds. The smallest absolute Gasteiger partial charge is 0.253 e. The first kappa shape index (κ1) is 18.2. The molecule has 2 aliphatic heterocycles. The molecule has 1 aromatic rings. The van der Waals surface area contributed by atoms with Crippen molar-refractivity contribution in [2.45, 2.75) is 38.5 Å². The molecule has 0 radical (unpaired) electrons. The molecule has 0 aromatic heterocycles. The SMILES string of the molecule is CC1CCN(C(=O)c2ccc(C3CCNCC3)c(F)c2)CC1.Cl. The van der Waals surface area contributed by atoms with Crippen LogP contribution in [0.15, 0.2) is 18.2 Å². The molecule has 128 valence electrons. The van der Waals surface area contributed by atoms with Crippen LogP contribution in [0.4, 0.5) is 4.39 Å². The summed E-state index contributed by atoms with van der Waals surface area (Å²) < 4.78 is 14.4. The molecule has 2 heterocycles. The molecule has 3 nitrogen and oxygen atoms in total. The number of nitrogens with zero attached hydrogens (tertiary/aromatic N) is 1. The number of rotatable bonds is 2. The van der Waals surface area contributed by atoms with Crippen LogP contribution in [0.5, 0.6) is 0 Å². The van der Waals surface area contributed by atoms with Gasteiger partial charge >= 0.3 is 0 Å². The van der Waals surface area contributed by atoms with Crippen molar-refractivity contribution < 1.29 is 9.18 Å². The third kappa shape index (κ3) is 4.24. The molecule has 2 aliphatic rings. The van der Waals surface area contributed by atoms with Crippen LogP contribution in [0, 0.1) is 11.7 Å². The van der Waals surface area contributed by atoms with E-state index >= 15 is 0 Å². The Morgan fingerprint density at radius 1 is 1.17 bits per heavy atom. The summed E-state index contributed by atoms with van der Waals surface area (Å²) >= 11 is 0. The molecule has 1 N–H and O–H groups in total. The van der Waals surface area contributed by atoms with Gasteiger partial charge in [0.2, 0.25) is 0 Å². The van der Waals surface area contributed by atoms with Gasteiger partial charge in [-0.15, -0.1) is 12.4 Å². The second kappa shape index (κ2) is 8.11. The van der Waals surface area contributed by atoms with Crippen molar-refractivity contribution in [1.29, 1.82) is 0 Å². The lowest BCUT2D eigenvalue weighted by molar-refractivity contribution is 0.0696. The van der Waals surface area contributed by atoms with Crippen LogP contribution in [-0.4, -0.2) is 37.0 Å². The molecule has 2 saturated heterocycles. The number of nitrogens with one attached hydrogen (secondary N) is 1. The van der Waals surface area contributed by atoms with Gasteiger partial charge in [-0.25, -0.2) is 4.39 Å². The van der Waals surface area contributed by atoms with E-state index in [0.29, 0.717) is 11.5 Å². The number of carbonyl (C=O) groups is 1. The van der Waals surface area contributed by atoms with Gasteiger partial charge in [0.25, 0.3) is 5.91 Å². The molecular weight excluding hydrogens is 315 g/mol. The van der Waals surface area contributed by atoms with Crippen LogP contribution in [0.3, 0.4) is 0 Å². The molecule has 3 rings (SSSR count). The summed E-state index contributed by atoms with van der Waals surface area (Å²) in [6.07, 6.45) is 4.02. The lowest BCUT2D eigenvalue weighted by atomic mass is 9.89. The Bertz CT molecular complexity index is 538. The van der Waals surface area contributed by atoms with E-state index in [1.165, 1.54) is 6.07 Å². The second-order valence-electron chi connectivity index (χ2n) is 6.74. The first-order valence-corrected chi connectivity index (χ1v) is 8.44. The topological polar surface area (TPSA) is 32.3 Å². The Morgan fingerprint density at radius 2 is 1.83 bits per heavy atom. The average molecular weight is 341 g/mol. The molecular formula is C18H26ClFN2O. The Kier molecular flexibility index (Phi) is 6.42. The fourth-order valence-electron chi connectivity index (χ4n) is 3.52.